The second-order valence-corrected chi connectivity index (χ2v) is 7.27. The van der Waals surface area contributed by atoms with Crippen molar-refractivity contribution in [1.82, 2.24) is 5.32 Å². The fraction of sp³-hybridized carbons (Fsp3) is 1.00. The van der Waals surface area contributed by atoms with Crippen molar-refractivity contribution in [3.05, 3.63) is 0 Å². The van der Waals surface area contributed by atoms with Crippen LogP contribution in [0.1, 0.15) is 73.6 Å². The monoisotopic (exact) mass is 268 g/mol. The van der Waals surface area contributed by atoms with Gasteiger partial charge in [0.25, 0.3) is 0 Å². The number of nitrogens with one attached hydrogen (secondary N) is 1. The summed E-state index contributed by atoms with van der Waals surface area (Å²) in [6, 6.07) is 0.388. The van der Waals surface area contributed by atoms with Crippen molar-refractivity contribution in [3.8, 4) is 0 Å². The molecule has 0 radical (unpaired) electrons. The average molecular weight is 268 g/mol. The molecule has 0 aliphatic heterocycles. The van der Waals surface area contributed by atoms with E-state index in [1.54, 1.807) is 0 Å². The lowest BCUT2D eigenvalue weighted by molar-refractivity contribution is 0.0472. The van der Waals surface area contributed by atoms with E-state index in [0.717, 1.165) is 12.5 Å². The molecule has 1 fully saturated rings. The van der Waals surface area contributed by atoms with Crippen LogP contribution in [0.2, 0.25) is 0 Å². The third kappa shape index (κ3) is 3.52. The Hall–Kier alpha value is -0.0800. The summed E-state index contributed by atoms with van der Waals surface area (Å²) < 4.78 is 0. The van der Waals surface area contributed by atoms with Crippen LogP contribution < -0.4 is 11.1 Å². The van der Waals surface area contributed by atoms with E-state index in [2.05, 4.69) is 46.9 Å². The molecule has 3 unspecified atom stereocenters. The number of nitrogens with two attached hydrogens (primary N) is 1. The van der Waals surface area contributed by atoms with Crippen molar-refractivity contribution in [3.63, 3.8) is 0 Å². The smallest absolute Gasteiger partial charge is 0.0173 e. The first kappa shape index (κ1) is 17.0. The van der Waals surface area contributed by atoms with Gasteiger partial charge in [-0.05, 0) is 55.9 Å². The van der Waals surface area contributed by atoms with Gasteiger partial charge in [-0.1, -0.05) is 41.5 Å². The van der Waals surface area contributed by atoms with Crippen LogP contribution >= 0.6 is 0 Å². The minimum Gasteiger partial charge on any atom is -0.327 e. The lowest BCUT2D eigenvalue weighted by atomic mass is 9.61. The second kappa shape index (κ2) is 6.58. The van der Waals surface area contributed by atoms with E-state index in [9.17, 15) is 0 Å². The highest BCUT2D eigenvalue weighted by atomic mass is 15.0. The Labute approximate surface area is 120 Å². The third-order valence-corrected chi connectivity index (χ3v) is 6.47. The Bertz CT molecular complexity index is 260. The van der Waals surface area contributed by atoms with E-state index in [1.807, 2.05) is 0 Å². The second-order valence-electron chi connectivity index (χ2n) is 7.27. The van der Waals surface area contributed by atoms with Gasteiger partial charge in [-0.25, -0.2) is 0 Å². The predicted octanol–water partition coefficient (Wildman–Crippen LogP) is 3.94. The minimum atomic E-state index is 0.346. The third-order valence-electron chi connectivity index (χ3n) is 6.47. The molecule has 0 heterocycles. The van der Waals surface area contributed by atoms with Crippen LogP contribution in [0.3, 0.4) is 0 Å². The van der Waals surface area contributed by atoms with Gasteiger partial charge in [0.1, 0.15) is 0 Å². The lowest BCUT2D eigenvalue weighted by Crippen LogP contribution is -2.53. The van der Waals surface area contributed by atoms with Crippen LogP contribution in [-0.4, -0.2) is 18.1 Å². The molecule has 1 saturated carbocycles. The first-order valence-electron chi connectivity index (χ1n) is 8.33. The molecule has 1 aliphatic rings. The summed E-state index contributed by atoms with van der Waals surface area (Å²) >= 11 is 0. The van der Waals surface area contributed by atoms with Crippen LogP contribution in [-0.2, 0) is 0 Å². The van der Waals surface area contributed by atoms with E-state index in [4.69, 9.17) is 5.73 Å². The molecule has 2 heteroatoms. The van der Waals surface area contributed by atoms with E-state index >= 15 is 0 Å². The summed E-state index contributed by atoms with van der Waals surface area (Å²) in [5.41, 5.74) is 6.96. The highest BCUT2D eigenvalue weighted by molar-refractivity contribution is 4.95. The molecule has 0 spiro atoms. The standard InChI is InChI=1S/C17H36N2/c1-7-17(8-2,9-3)19-12-14-10-11-15(18)13(4)16(14,5)6/h13-15,19H,7-12,18H2,1-6H3. The summed E-state index contributed by atoms with van der Waals surface area (Å²) in [5.74, 6) is 1.37. The molecule has 0 bridgehead atoms. The number of rotatable bonds is 6. The maximum Gasteiger partial charge on any atom is 0.0173 e. The van der Waals surface area contributed by atoms with E-state index in [-0.39, 0.29) is 0 Å². The van der Waals surface area contributed by atoms with Crippen LogP contribution in [0.5, 0.6) is 0 Å². The molecule has 3 N–H and O–H groups in total. The normalized spacial score (nSPS) is 31.4. The molecule has 0 aromatic rings. The molecular weight excluding hydrogens is 232 g/mol. The van der Waals surface area contributed by atoms with E-state index < -0.39 is 0 Å². The largest absolute Gasteiger partial charge is 0.327 e. The van der Waals surface area contributed by atoms with Crippen molar-refractivity contribution < 1.29 is 0 Å². The Kier molecular flexibility index (Phi) is 5.88. The van der Waals surface area contributed by atoms with Gasteiger partial charge in [0.15, 0.2) is 0 Å². The Balaban J connectivity index is 2.66. The van der Waals surface area contributed by atoms with Gasteiger partial charge in [0.2, 0.25) is 0 Å². The number of hydrogen-bond donors (Lipinski definition) is 2. The summed E-state index contributed by atoms with van der Waals surface area (Å²) in [5, 5.41) is 3.90. The van der Waals surface area contributed by atoms with Gasteiger partial charge in [-0.3, -0.25) is 0 Å². The van der Waals surface area contributed by atoms with Crippen LogP contribution in [0.15, 0.2) is 0 Å². The first-order valence-corrected chi connectivity index (χ1v) is 8.33. The molecule has 2 nitrogen and oxygen atoms in total. The minimum absolute atomic E-state index is 0.346. The van der Waals surface area contributed by atoms with Crippen molar-refractivity contribution in [2.24, 2.45) is 23.0 Å². The molecule has 19 heavy (non-hydrogen) atoms. The van der Waals surface area contributed by atoms with Crippen LogP contribution in [0, 0.1) is 17.3 Å². The van der Waals surface area contributed by atoms with E-state index in [1.165, 1.54) is 32.1 Å². The molecule has 114 valence electrons. The van der Waals surface area contributed by atoms with Crippen molar-refractivity contribution >= 4 is 0 Å². The number of hydrogen-bond acceptors (Lipinski definition) is 2. The summed E-state index contributed by atoms with van der Waals surface area (Å²) in [4.78, 5) is 0. The maximum absolute atomic E-state index is 6.26. The zero-order chi connectivity index (χ0) is 14.7. The van der Waals surface area contributed by atoms with Gasteiger partial charge in [-0.2, -0.15) is 0 Å². The Morgan fingerprint density at radius 1 is 1.11 bits per heavy atom. The van der Waals surface area contributed by atoms with Crippen LogP contribution in [0.4, 0.5) is 0 Å². The van der Waals surface area contributed by atoms with Crippen molar-refractivity contribution in [2.75, 3.05) is 6.54 Å². The Morgan fingerprint density at radius 3 is 2.11 bits per heavy atom. The molecule has 1 aliphatic carbocycles. The van der Waals surface area contributed by atoms with Gasteiger partial charge in [-0.15, -0.1) is 0 Å². The molecular formula is C17H36N2. The summed E-state index contributed by atoms with van der Waals surface area (Å²) in [6.07, 6.45) is 6.14. The quantitative estimate of drug-likeness (QED) is 0.765. The highest BCUT2D eigenvalue weighted by Crippen LogP contribution is 2.44. The maximum atomic E-state index is 6.26. The lowest BCUT2D eigenvalue weighted by Gasteiger charge is -2.48. The van der Waals surface area contributed by atoms with Gasteiger partial charge < -0.3 is 11.1 Å². The van der Waals surface area contributed by atoms with Gasteiger partial charge in [0, 0.05) is 11.6 Å². The van der Waals surface area contributed by atoms with Gasteiger partial charge >= 0.3 is 0 Å². The van der Waals surface area contributed by atoms with Crippen molar-refractivity contribution in [2.45, 2.75) is 85.2 Å². The molecule has 0 saturated heterocycles. The van der Waals surface area contributed by atoms with E-state index in [0.29, 0.717) is 22.9 Å². The summed E-state index contributed by atoms with van der Waals surface area (Å²) in [6.45, 7) is 15.2. The van der Waals surface area contributed by atoms with Crippen LogP contribution in [0.25, 0.3) is 0 Å². The molecule has 0 aromatic carbocycles. The summed E-state index contributed by atoms with van der Waals surface area (Å²) in [7, 11) is 0. The zero-order valence-corrected chi connectivity index (χ0v) is 14.1. The SMILES string of the molecule is CCC(CC)(CC)NCC1CCC(N)C(C)C1(C)C. The highest BCUT2D eigenvalue weighted by Gasteiger charge is 2.41. The van der Waals surface area contributed by atoms with Crippen molar-refractivity contribution in [1.29, 1.82) is 0 Å². The predicted molar refractivity (Wildman–Crippen MR) is 85.3 cm³/mol. The Morgan fingerprint density at radius 2 is 1.63 bits per heavy atom. The average Bonchev–Trinajstić information content (AvgIpc) is 2.40. The van der Waals surface area contributed by atoms with Gasteiger partial charge in [0.05, 0.1) is 0 Å². The fourth-order valence-electron chi connectivity index (χ4n) is 3.77. The molecule has 0 aromatic heterocycles. The molecule has 0 amide bonds. The molecule has 1 rings (SSSR count). The first-order chi connectivity index (χ1) is 8.83. The fourth-order valence-corrected chi connectivity index (χ4v) is 3.77. The zero-order valence-electron chi connectivity index (χ0n) is 14.1. The topological polar surface area (TPSA) is 38.0 Å². The molecule has 3 atom stereocenters.